The Hall–Kier alpha value is -2.02. The molecule has 1 amide bonds. The summed E-state index contributed by atoms with van der Waals surface area (Å²) in [6.45, 7) is 5.21. The first-order chi connectivity index (χ1) is 10.0. The number of anilines is 1. The molecule has 3 N–H and O–H groups in total. The summed E-state index contributed by atoms with van der Waals surface area (Å²) in [6, 6.07) is 3.07. The summed E-state index contributed by atoms with van der Waals surface area (Å²) in [5, 5.41) is 2.34. The maximum atomic E-state index is 12.8. The highest BCUT2D eigenvalue weighted by molar-refractivity contribution is 5.88. The number of carbonyl (C=O) groups is 1. The van der Waals surface area contributed by atoms with Crippen LogP contribution >= 0.6 is 0 Å². The number of ether oxygens (including phenoxy) is 1. The van der Waals surface area contributed by atoms with Crippen LogP contribution in [0.15, 0.2) is 24.3 Å². The van der Waals surface area contributed by atoms with Crippen LogP contribution in [0, 0.1) is 0 Å². The molecule has 0 fully saturated rings. The summed E-state index contributed by atoms with van der Waals surface area (Å²) in [6.07, 6.45) is -2.22. The minimum absolute atomic E-state index is 0.00813. The number of halogens is 3. The number of hydrogen-bond acceptors (Lipinski definition) is 3. The van der Waals surface area contributed by atoms with E-state index in [9.17, 15) is 18.0 Å². The van der Waals surface area contributed by atoms with Gasteiger partial charge in [-0.05, 0) is 38.5 Å². The summed E-state index contributed by atoms with van der Waals surface area (Å²) < 4.78 is 43.4. The molecular weight excluding hydrogens is 297 g/mol. The van der Waals surface area contributed by atoms with E-state index in [1.165, 1.54) is 12.1 Å². The zero-order valence-corrected chi connectivity index (χ0v) is 12.6. The van der Waals surface area contributed by atoms with Crippen LogP contribution in [0.25, 0.3) is 6.08 Å². The van der Waals surface area contributed by atoms with Crippen LogP contribution in [-0.2, 0) is 10.9 Å². The van der Waals surface area contributed by atoms with Crippen molar-refractivity contribution in [2.24, 2.45) is 5.73 Å². The van der Waals surface area contributed by atoms with Gasteiger partial charge < -0.3 is 10.5 Å². The largest absolute Gasteiger partial charge is 0.444 e. The quantitative estimate of drug-likeness (QED) is 0.885. The molecule has 0 saturated heterocycles. The second-order valence-corrected chi connectivity index (χ2v) is 5.56. The molecule has 0 bridgehead atoms. The summed E-state index contributed by atoms with van der Waals surface area (Å²) in [4.78, 5) is 11.8. The molecular formula is C15H19F3N2O2. The molecule has 0 aliphatic carbocycles. The van der Waals surface area contributed by atoms with Gasteiger partial charge in [-0.1, -0.05) is 18.2 Å². The Kier molecular flexibility index (Phi) is 5.59. The smallest absolute Gasteiger partial charge is 0.416 e. The molecule has 22 heavy (non-hydrogen) atoms. The first-order valence-electron chi connectivity index (χ1n) is 6.61. The number of nitrogens with two attached hydrogens (primary N) is 1. The Morgan fingerprint density at radius 3 is 2.45 bits per heavy atom. The van der Waals surface area contributed by atoms with Crippen LogP contribution in [0.5, 0.6) is 0 Å². The maximum absolute atomic E-state index is 12.8. The van der Waals surface area contributed by atoms with Gasteiger partial charge in [-0.3, -0.25) is 5.32 Å². The van der Waals surface area contributed by atoms with Gasteiger partial charge in [0.15, 0.2) is 0 Å². The van der Waals surface area contributed by atoms with Gasteiger partial charge in [-0.2, -0.15) is 13.2 Å². The fourth-order valence-corrected chi connectivity index (χ4v) is 1.59. The minimum atomic E-state index is -4.50. The highest BCUT2D eigenvalue weighted by atomic mass is 19.4. The Balaban J connectivity index is 3.11. The molecule has 0 heterocycles. The summed E-state index contributed by atoms with van der Waals surface area (Å²) >= 11 is 0. The zero-order valence-electron chi connectivity index (χ0n) is 12.6. The number of rotatable bonds is 3. The molecule has 0 aliphatic heterocycles. The lowest BCUT2D eigenvalue weighted by Gasteiger charge is -2.20. The summed E-state index contributed by atoms with van der Waals surface area (Å²) in [5.41, 5.74) is 4.14. The number of nitrogens with one attached hydrogen (secondary N) is 1. The van der Waals surface area contributed by atoms with Gasteiger partial charge >= 0.3 is 12.3 Å². The Morgan fingerprint density at radius 1 is 1.32 bits per heavy atom. The van der Waals surface area contributed by atoms with Crippen molar-refractivity contribution >= 4 is 17.9 Å². The summed E-state index contributed by atoms with van der Waals surface area (Å²) in [7, 11) is 0. The third-order valence-corrected chi connectivity index (χ3v) is 2.45. The zero-order chi connectivity index (χ0) is 17.0. The van der Waals surface area contributed by atoms with E-state index in [0.29, 0.717) is 5.56 Å². The van der Waals surface area contributed by atoms with Crippen LogP contribution in [-0.4, -0.2) is 18.2 Å². The van der Waals surface area contributed by atoms with Gasteiger partial charge in [0.2, 0.25) is 0 Å². The molecule has 122 valence electrons. The Morgan fingerprint density at radius 2 is 1.95 bits per heavy atom. The van der Waals surface area contributed by atoms with Crippen molar-refractivity contribution in [3.63, 3.8) is 0 Å². The number of alkyl halides is 3. The molecule has 0 aromatic heterocycles. The van der Waals surface area contributed by atoms with Gasteiger partial charge in [0.1, 0.15) is 5.60 Å². The van der Waals surface area contributed by atoms with Crippen molar-refractivity contribution in [3.05, 3.63) is 35.4 Å². The molecule has 1 rings (SSSR count). The van der Waals surface area contributed by atoms with Crippen molar-refractivity contribution in [2.45, 2.75) is 32.5 Å². The SMILES string of the molecule is CC(C)(C)OC(=O)Nc1cc(C(F)(F)F)ccc1/C=C/CN. The van der Waals surface area contributed by atoms with E-state index >= 15 is 0 Å². The monoisotopic (exact) mass is 316 g/mol. The molecule has 0 atom stereocenters. The highest BCUT2D eigenvalue weighted by Crippen LogP contribution is 2.32. The van der Waals surface area contributed by atoms with Crippen molar-refractivity contribution in [1.29, 1.82) is 0 Å². The standard InChI is InChI=1S/C15H19F3N2O2/c1-14(2,3)22-13(21)20-12-9-11(15(16,17)18)7-6-10(12)5-4-8-19/h4-7,9H,8,19H2,1-3H3,(H,20,21)/b5-4+. The van der Waals surface area contributed by atoms with Gasteiger partial charge in [-0.25, -0.2) is 4.79 Å². The van der Waals surface area contributed by atoms with Crippen molar-refractivity contribution in [1.82, 2.24) is 0 Å². The maximum Gasteiger partial charge on any atom is 0.416 e. The molecule has 4 nitrogen and oxygen atoms in total. The third-order valence-electron chi connectivity index (χ3n) is 2.45. The molecule has 0 saturated carbocycles. The molecule has 0 spiro atoms. The highest BCUT2D eigenvalue weighted by Gasteiger charge is 2.31. The molecule has 0 radical (unpaired) electrons. The normalized spacial score (nSPS) is 12.5. The van der Waals surface area contributed by atoms with E-state index in [2.05, 4.69) is 5.32 Å². The molecule has 0 aliphatic rings. The van der Waals surface area contributed by atoms with Crippen LogP contribution in [0.4, 0.5) is 23.7 Å². The molecule has 1 aromatic carbocycles. The van der Waals surface area contributed by atoms with Gasteiger partial charge in [0, 0.05) is 6.54 Å². The van der Waals surface area contributed by atoms with Gasteiger partial charge in [-0.15, -0.1) is 0 Å². The van der Waals surface area contributed by atoms with E-state index in [0.717, 1.165) is 12.1 Å². The topological polar surface area (TPSA) is 64.3 Å². The van der Waals surface area contributed by atoms with Crippen molar-refractivity contribution < 1.29 is 22.7 Å². The number of amides is 1. The average molecular weight is 316 g/mol. The van der Waals surface area contributed by atoms with Crippen molar-refractivity contribution in [3.8, 4) is 0 Å². The fourth-order valence-electron chi connectivity index (χ4n) is 1.59. The number of benzene rings is 1. The average Bonchev–Trinajstić information content (AvgIpc) is 2.33. The molecule has 7 heteroatoms. The first kappa shape index (κ1) is 18.0. The predicted octanol–water partition coefficient (Wildman–Crippen LogP) is 4.02. The lowest BCUT2D eigenvalue weighted by molar-refractivity contribution is -0.137. The van der Waals surface area contributed by atoms with E-state index in [1.807, 2.05) is 0 Å². The number of hydrogen-bond donors (Lipinski definition) is 2. The van der Waals surface area contributed by atoms with E-state index in [-0.39, 0.29) is 12.2 Å². The van der Waals surface area contributed by atoms with Gasteiger partial charge in [0.25, 0.3) is 0 Å². The minimum Gasteiger partial charge on any atom is -0.444 e. The van der Waals surface area contributed by atoms with E-state index in [1.54, 1.807) is 26.8 Å². The van der Waals surface area contributed by atoms with Crippen molar-refractivity contribution in [2.75, 3.05) is 11.9 Å². The van der Waals surface area contributed by atoms with Crippen LogP contribution < -0.4 is 11.1 Å². The fraction of sp³-hybridized carbons (Fsp3) is 0.400. The van der Waals surface area contributed by atoms with Crippen LogP contribution in [0.3, 0.4) is 0 Å². The molecule has 1 aromatic rings. The second-order valence-electron chi connectivity index (χ2n) is 5.56. The van der Waals surface area contributed by atoms with E-state index < -0.39 is 23.4 Å². The predicted molar refractivity (Wildman–Crippen MR) is 79.4 cm³/mol. The lowest BCUT2D eigenvalue weighted by atomic mass is 10.1. The number of carbonyl (C=O) groups excluding carboxylic acids is 1. The first-order valence-corrected chi connectivity index (χ1v) is 6.61. The van der Waals surface area contributed by atoms with Crippen LogP contribution in [0.1, 0.15) is 31.9 Å². The van der Waals surface area contributed by atoms with Crippen LogP contribution in [0.2, 0.25) is 0 Å². The summed E-state index contributed by atoms with van der Waals surface area (Å²) in [5.74, 6) is 0. The molecule has 0 unspecified atom stereocenters. The van der Waals surface area contributed by atoms with E-state index in [4.69, 9.17) is 10.5 Å². The Labute approximate surface area is 127 Å². The second kappa shape index (κ2) is 6.83. The lowest BCUT2D eigenvalue weighted by Crippen LogP contribution is -2.27. The Bertz CT molecular complexity index is 561. The third kappa shape index (κ3) is 5.77. The van der Waals surface area contributed by atoms with Gasteiger partial charge in [0.05, 0.1) is 11.3 Å².